The molecule has 2 unspecified atom stereocenters. The van der Waals surface area contributed by atoms with Gasteiger partial charge in [-0.1, -0.05) is 6.07 Å². The van der Waals surface area contributed by atoms with Crippen LogP contribution < -0.4 is 10.6 Å². The molecule has 3 amide bonds. The number of aromatic nitrogens is 1. The number of aliphatic hydroxyl groups excluding tert-OH is 1. The van der Waals surface area contributed by atoms with Crippen LogP contribution in [0.25, 0.3) is 0 Å². The number of aliphatic hydroxyl groups is 1. The second kappa shape index (κ2) is 5.33. The average molecular weight is 290 g/mol. The highest BCUT2D eigenvalue weighted by Gasteiger charge is 2.36. The van der Waals surface area contributed by atoms with E-state index in [0.29, 0.717) is 25.3 Å². The van der Waals surface area contributed by atoms with E-state index < -0.39 is 12.1 Å². The first kappa shape index (κ1) is 13.8. The molecule has 1 fully saturated rings. The van der Waals surface area contributed by atoms with Crippen LogP contribution in [0.3, 0.4) is 0 Å². The summed E-state index contributed by atoms with van der Waals surface area (Å²) in [7, 11) is 0. The number of hydrogen-bond donors (Lipinski definition) is 2. The number of nitrogens with zero attached hydrogens (tertiary/aromatic N) is 3. The van der Waals surface area contributed by atoms with Crippen molar-refractivity contribution in [1.29, 1.82) is 0 Å². The third-order valence-corrected chi connectivity index (χ3v) is 4.15. The molecule has 7 nitrogen and oxygen atoms in total. The lowest BCUT2D eigenvalue weighted by molar-refractivity contribution is -0.134. The fourth-order valence-corrected chi connectivity index (χ4v) is 3.08. The SMILES string of the molecule is NC(=O)N1c2ncccc2CCC1CN1CCC(O)C1=O. The molecule has 1 aromatic heterocycles. The van der Waals surface area contributed by atoms with Gasteiger partial charge in [0.15, 0.2) is 0 Å². The summed E-state index contributed by atoms with van der Waals surface area (Å²) < 4.78 is 0. The number of likely N-dealkylation sites (tertiary alicyclic amines) is 1. The Morgan fingerprint density at radius 1 is 1.48 bits per heavy atom. The van der Waals surface area contributed by atoms with Crippen LogP contribution in [0, 0.1) is 0 Å². The Kier molecular flexibility index (Phi) is 3.50. The molecule has 3 rings (SSSR count). The van der Waals surface area contributed by atoms with E-state index >= 15 is 0 Å². The van der Waals surface area contributed by atoms with E-state index in [-0.39, 0.29) is 11.9 Å². The summed E-state index contributed by atoms with van der Waals surface area (Å²) in [4.78, 5) is 30.9. The van der Waals surface area contributed by atoms with E-state index in [9.17, 15) is 14.7 Å². The molecule has 112 valence electrons. The topological polar surface area (TPSA) is 99.8 Å². The van der Waals surface area contributed by atoms with Gasteiger partial charge in [-0.2, -0.15) is 0 Å². The summed E-state index contributed by atoms with van der Waals surface area (Å²) in [5.74, 6) is 0.305. The van der Waals surface area contributed by atoms with Crippen LogP contribution in [0.1, 0.15) is 18.4 Å². The van der Waals surface area contributed by atoms with Crippen LogP contribution in [0.4, 0.5) is 10.6 Å². The molecule has 3 N–H and O–H groups in total. The molecule has 1 saturated heterocycles. The number of aryl methyl sites for hydroxylation is 1. The molecular formula is C14H18N4O3. The van der Waals surface area contributed by atoms with Crippen LogP contribution in [0.15, 0.2) is 18.3 Å². The third kappa shape index (κ3) is 2.44. The molecule has 0 radical (unpaired) electrons. The molecule has 1 aromatic rings. The van der Waals surface area contributed by atoms with E-state index in [4.69, 9.17) is 5.73 Å². The molecule has 0 bridgehead atoms. The van der Waals surface area contributed by atoms with Gasteiger partial charge < -0.3 is 15.7 Å². The molecule has 0 spiro atoms. The number of amides is 3. The first-order chi connectivity index (χ1) is 10.1. The third-order valence-electron chi connectivity index (χ3n) is 4.15. The molecular weight excluding hydrogens is 272 g/mol. The lowest BCUT2D eigenvalue weighted by atomic mass is 9.98. The van der Waals surface area contributed by atoms with Crippen molar-refractivity contribution < 1.29 is 14.7 Å². The minimum Gasteiger partial charge on any atom is -0.383 e. The first-order valence-corrected chi connectivity index (χ1v) is 7.07. The molecule has 2 aliphatic heterocycles. The van der Waals surface area contributed by atoms with Gasteiger partial charge in [-0.05, 0) is 30.9 Å². The molecule has 0 aromatic carbocycles. The number of anilines is 1. The minimum absolute atomic E-state index is 0.195. The molecule has 0 aliphatic carbocycles. The number of rotatable bonds is 2. The van der Waals surface area contributed by atoms with Gasteiger partial charge in [0.1, 0.15) is 11.9 Å². The normalized spacial score (nSPS) is 25.1. The number of hydrogen-bond acceptors (Lipinski definition) is 4. The highest BCUT2D eigenvalue weighted by molar-refractivity contribution is 5.91. The summed E-state index contributed by atoms with van der Waals surface area (Å²) in [6, 6.07) is 3.00. The molecule has 21 heavy (non-hydrogen) atoms. The summed E-state index contributed by atoms with van der Waals surface area (Å²) in [5, 5.41) is 9.52. The van der Waals surface area contributed by atoms with Gasteiger partial charge in [0.2, 0.25) is 0 Å². The molecule has 2 atom stereocenters. The monoisotopic (exact) mass is 290 g/mol. The maximum atomic E-state index is 11.8. The summed E-state index contributed by atoms with van der Waals surface area (Å²) in [5.41, 5.74) is 6.49. The maximum Gasteiger partial charge on any atom is 0.320 e. The van der Waals surface area contributed by atoms with Crippen molar-refractivity contribution in [1.82, 2.24) is 9.88 Å². The van der Waals surface area contributed by atoms with Crippen LogP contribution in [0.2, 0.25) is 0 Å². The Bertz CT molecular complexity index is 577. The van der Waals surface area contributed by atoms with Gasteiger partial charge in [-0.25, -0.2) is 9.78 Å². The van der Waals surface area contributed by atoms with E-state index in [0.717, 1.165) is 18.4 Å². The molecule has 0 saturated carbocycles. The van der Waals surface area contributed by atoms with Gasteiger partial charge in [0.05, 0.1) is 6.04 Å². The van der Waals surface area contributed by atoms with Crippen molar-refractivity contribution in [3.8, 4) is 0 Å². The van der Waals surface area contributed by atoms with Crippen molar-refractivity contribution >= 4 is 17.8 Å². The standard InChI is InChI=1S/C14H18N4O3/c15-14(21)18-10(8-17-7-5-11(19)13(17)20)4-3-9-2-1-6-16-12(9)18/h1-2,6,10-11,19H,3-5,7-8H2,(H2,15,21). The van der Waals surface area contributed by atoms with Crippen molar-refractivity contribution in [2.75, 3.05) is 18.0 Å². The highest BCUT2D eigenvalue weighted by Crippen LogP contribution is 2.29. The minimum atomic E-state index is -0.916. The second-order valence-electron chi connectivity index (χ2n) is 5.48. The van der Waals surface area contributed by atoms with Crippen LogP contribution in [0.5, 0.6) is 0 Å². The Labute approximate surface area is 122 Å². The number of carbonyl (C=O) groups is 2. The van der Waals surface area contributed by atoms with Crippen molar-refractivity contribution in [3.05, 3.63) is 23.9 Å². The zero-order valence-corrected chi connectivity index (χ0v) is 11.6. The lowest BCUT2D eigenvalue weighted by Crippen LogP contribution is -2.52. The van der Waals surface area contributed by atoms with E-state index in [1.807, 2.05) is 12.1 Å². The predicted molar refractivity (Wildman–Crippen MR) is 75.6 cm³/mol. The smallest absolute Gasteiger partial charge is 0.320 e. The van der Waals surface area contributed by atoms with Crippen molar-refractivity contribution in [2.45, 2.75) is 31.4 Å². The van der Waals surface area contributed by atoms with Crippen LogP contribution >= 0.6 is 0 Å². The lowest BCUT2D eigenvalue weighted by Gasteiger charge is -2.36. The largest absolute Gasteiger partial charge is 0.383 e. The Morgan fingerprint density at radius 2 is 2.29 bits per heavy atom. The Morgan fingerprint density at radius 3 is 2.95 bits per heavy atom. The van der Waals surface area contributed by atoms with E-state index in [1.54, 1.807) is 11.1 Å². The Hall–Kier alpha value is -2.15. The maximum absolute atomic E-state index is 11.8. The predicted octanol–water partition coefficient (Wildman–Crippen LogP) is -0.125. The number of primary amides is 1. The van der Waals surface area contributed by atoms with E-state index in [2.05, 4.69) is 4.98 Å². The fourth-order valence-electron chi connectivity index (χ4n) is 3.08. The number of urea groups is 1. The van der Waals surface area contributed by atoms with Crippen LogP contribution in [-0.2, 0) is 11.2 Å². The number of carbonyl (C=O) groups excluding carboxylic acids is 2. The fraction of sp³-hybridized carbons (Fsp3) is 0.500. The van der Waals surface area contributed by atoms with Gasteiger partial charge in [0.25, 0.3) is 5.91 Å². The summed E-state index contributed by atoms with van der Waals surface area (Å²) in [6.07, 6.45) is 2.67. The van der Waals surface area contributed by atoms with Gasteiger partial charge in [-0.3, -0.25) is 9.69 Å². The average Bonchev–Trinajstić information content (AvgIpc) is 2.78. The molecule has 2 aliphatic rings. The number of pyridine rings is 1. The van der Waals surface area contributed by atoms with Gasteiger partial charge >= 0.3 is 6.03 Å². The summed E-state index contributed by atoms with van der Waals surface area (Å²) in [6.45, 7) is 0.896. The number of nitrogens with two attached hydrogens (primary N) is 1. The number of fused-ring (bicyclic) bond motifs is 1. The van der Waals surface area contributed by atoms with Gasteiger partial charge in [0, 0.05) is 19.3 Å². The first-order valence-electron chi connectivity index (χ1n) is 7.07. The second-order valence-corrected chi connectivity index (χ2v) is 5.48. The molecule has 7 heteroatoms. The quantitative estimate of drug-likeness (QED) is 0.792. The van der Waals surface area contributed by atoms with E-state index in [1.165, 1.54) is 4.90 Å². The van der Waals surface area contributed by atoms with Gasteiger partial charge in [-0.15, -0.1) is 0 Å². The summed E-state index contributed by atoms with van der Waals surface area (Å²) >= 11 is 0. The zero-order chi connectivity index (χ0) is 15.0. The zero-order valence-electron chi connectivity index (χ0n) is 11.6. The van der Waals surface area contributed by atoms with Crippen molar-refractivity contribution in [2.24, 2.45) is 5.73 Å². The Balaban J connectivity index is 1.83. The van der Waals surface area contributed by atoms with Crippen molar-refractivity contribution in [3.63, 3.8) is 0 Å². The molecule has 3 heterocycles. The van der Waals surface area contributed by atoms with Crippen LogP contribution in [-0.4, -0.2) is 52.2 Å². The highest BCUT2D eigenvalue weighted by atomic mass is 16.3.